The monoisotopic (exact) mass is 431 g/mol. The van der Waals surface area contributed by atoms with E-state index >= 15 is 0 Å². The van der Waals surface area contributed by atoms with E-state index in [-0.39, 0.29) is 5.91 Å². The molecular weight excluding hydrogens is 402 g/mol. The predicted octanol–water partition coefficient (Wildman–Crippen LogP) is 3.41. The van der Waals surface area contributed by atoms with Crippen LogP contribution in [0.1, 0.15) is 34.5 Å². The largest absolute Gasteiger partial charge is 0.497 e. The highest BCUT2D eigenvalue weighted by Gasteiger charge is 2.39. The van der Waals surface area contributed by atoms with Crippen LogP contribution in [0.3, 0.4) is 0 Å². The van der Waals surface area contributed by atoms with Gasteiger partial charge in [0.15, 0.2) is 0 Å². The fourth-order valence-corrected chi connectivity index (χ4v) is 4.92. The molecule has 2 aromatic carbocycles. The van der Waals surface area contributed by atoms with Crippen LogP contribution in [-0.4, -0.2) is 45.8 Å². The molecular formula is C25H29N5O2. The van der Waals surface area contributed by atoms with Crippen molar-refractivity contribution in [3.63, 3.8) is 0 Å². The zero-order chi connectivity index (χ0) is 22.1. The predicted molar refractivity (Wildman–Crippen MR) is 123 cm³/mol. The first-order chi connectivity index (χ1) is 15.6. The van der Waals surface area contributed by atoms with Crippen molar-refractivity contribution in [2.45, 2.75) is 32.9 Å². The Morgan fingerprint density at radius 1 is 1.00 bits per heavy atom. The van der Waals surface area contributed by atoms with Crippen molar-refractivity contribution >= 4 is 11.6 Å². The molecule has 0 radical (unpaired) electrons. The van der Waals surface area contributed by atoms with Crippen molar-refractivity contribution in [2.75, 3.05) is 25.5 Å². The van der Waals surface area contributed by atoms with E-state index < -0.39 is 0 Å². The van der Waals surface area contributed by atoms with Gasteiger partial charge in [-0.25, -0.2) is 0 Å². The number of rotatable bonds is 6. The molecule has 1 aromatic heterocycles. The van der Waals surface area contributed by atoms with Gasteiger partial charge in [-0.3, -0.25) is 9.69 Å². The van der Waals surface area contributed by atoms with Crippen LogP contribution in [0.5, 0.6) is 5.75 Å². The molecule has 7 heteroatoms. The van der Waals surface area contributed by atoms with E-state index in [1.54, 1.807) is 7.11 Å². The number of aryl methyl sites for hydroxylation is 1. The van der Waals surface area contributed by atoms with Crippen LogP contribution in [0, 0.1) is 11.8 Å². The highest BCUT2D eigenvalue weighted by Crippen LogP contribution is 2.33. The number of hydrogen-bond acceptors (Lipinski definition) is 5. The van der Waals surface area contributed by atoms with Gasteiger partial charge in [-0.1, -0.05) is 31.2 Å². The molecule has 3 heterocycles. The maximum absolute atomic E-state index is 12.9. The molecule has 32 heavy (non-hydrogen) atoms. The van der Waals surface area contributed by atoms with Gasteiger partial charge in [0.05, 0.1) is 7.11 Å². The molecule has 0 aliphatic carbocycles. The zero-order valence-electron chi connectivity index (χ0n) is 18.6. The molecule has 166 valence electrons. The average molecular weight is 432 g/mol. The van der Waals surface area contributed by atoms with Crippen LogP contribution in [-0.2, 0) is 25.9 Å². The van der Waals surface area contributed by atoms with E-state index in [0.29, 0.717) is 23.3 Å². The van der Waals surface area contributed by atoms with Gasteiger partial charge in [0.1, 0.15) is 11.6 Å². The summed E-state index contributed by atoms with van der Waals surface area (Å²) in [4.78, 5) is 15.4. The van der Waals surface area contributed by atoms with Crippen molar-refractivity contribution in [3.8, 4) is 5.75 Å². The first kappa shape index (κ1) is 20.7. The van der Waals surface area contributed by atoms with E-state index in [2.05, 4.69) is 51.6 Å². The van der Waals surface area contributed by atoms with Crippen LogP contribution in [0.2, 0.25) is 0 Å². The molecule has 1 amide bonds. The standard InChI is InChI=1S/C25H29N5O2/c1-3-17-4-6-18(7-5-17)13-29-14-19-12-23-27-28-24(30(23)16-20(19)15-29)25(31)26-21-8-10-22(32-2)11-9-21/h4-11,19-20H,3,12-16H2,1-2H3,(H,26,31)/t19-,20-/m1/s1. The first-order valence-corrected chi connectivity index (χ1v) is 11.3. The second kappa shape index (κ2) is 8.74. The Bertz CT molecular complexity index is 1090. The minimum atomic E-state index is -0.224. The second-order valence-electron chi connectivity index (χ2n) is 8.82. The lowest BCUT2D eigenvalue weighted by molar-refractivity contribution is 0.100. The Labute approximate surface area is 188 Å². The minimum Gasteiger partial charge on any atom is -0.497 e. The quantitative estimate of drug-likeness (QED) is 0.648. The number of nitrogens with one attached hydrogen (secondary N) is 1. The Balaban J connectivity index is 1.24. The number of aromatic nitrogens is 3. The number of hydrogen-bond donors (Lipinski definition) is 1. The number of amides is 1. The molecule has 2 atom stereocenters. The number of methoxy groups -OCH3 is 1. The van der Waals surface area contributed by atoms with Gasteiger partial charge in [0, 0.05) is 38.3 Å². The summed E-state index contributed by atoms with van der Waals surface area (Å²) in [6, 6.07) is 16.2. The number of benzene rings is 2. The SMILES string of the molecule is CCc1ccc(CN2C[C@H]3Cc4nnc(C(=O)Nc5ccc(OC)cc5)n4C[C@H]3C2)cc1. The summed E-state index contributed by atoms with van der Waals surface area (Å²) in [6.07, 6.45) is 1.95. The van der Waals surface area contributed by atoms with Crippen LogP contribution in [0.15, 0.2) is 48.5 Å². The van der Waals surface area contributed by atoms with Gasteiger partial charge >= 0.3 is 0 Å². The molecule has 1 saturated heterocycles. The van der Waals surface area contributed by atoms with Gasteiger partial charge < -0.3 is 14.6 Å². The maximum atomic E-state index is 12.9. The van der Waals surface area contributed by atoms with Crippen LogP contribution in [0.25, 0.3) is 0 Å². The average Bonchev–Trinajstić information content (AvgIpc) is 3.41. The third kappa shape index (κ3) is 4.12. The fourth-order valence-electron chi connectivity index (χ4n) is 4.92. The Kier molecular flexibility index (Phi) is 5.66. The highest BCUT2D eigenvalue weighted by atomic mass is 16.5. The molecule has 3 aromatic rings. The molecule has 2 aliphatic heterocycles. The van der Waals surface area contributed by atoms with Crippen molar-refractivity contribution in [1.29, 1.82) is 0 Å². The molecule has 0 unspecified atom stereocenters. The van der Waals surface area contributed by atoms with Crippen molar-refractivity contribution in [3.05, 3.63) is 71.3 Å². The third-order valence-electron chi connectivity index (χ3n) is 6.73. The Hall–Kier alpha value is -3.19. The topological polar surface area (TPSA) is 72.3 Å². The van der Waals surface area contributed by atoms with E-state index in [0.717, 1.165) is 50.6 Å². The molecule has 1 fully saturated rings. The first-order valence-electron chi connectivity index (χ1n) is 11.3. The fraction of sp³-hybridized carbons (Fsp3) is 0.400. The van der Waals surface area contributed by atoms with Gasteiger partial charge in [-0.2, -0.15) is 0 Å². The minimum absolute atomic E-state index is 0.224. The van der Waals surface area contributed by atoms with E-state index in [1.807, 2.05) is 28.8 Å². The van der Waals surface area contributed by atoms with Gasteiger partial charge in [0.2, 0.25) is 5.82 Å². The summed E-state index contributed by atoms with van der Waals surface area (Å²) in [7, 11) is 1.62. The number of fused-ring (bicyclic) bond motifs is 2. The maximum Gasteiger partial charge on any atom is 0.293 e. The van der Waals surface area contributed by atoms with Crippen molar-refractivity contribution in [1.82, 2.24) is 19.7 Å². The van der Waals surface area contributed by atoms with Crippen molar-refractivity contribution < 1.29 is 9.53 Å². The number of likely N-dealkylation sites (tertiary alicyclic amines) is 1. The summed E-state index contributed by atoms with van der Waals surface area (Å²) < 4.78 is 7.19. The zero-order valence-corrected chi connectivity index (χ0v) is 18.6. The van der Waals surface area contributed by atoms with E-state index in [1.165, 1.54) is 11.1 Å². The summed E-state index contributed by atoms with van der Waals surface area (Å²) in [5.74, 6) is 2.92. The molecule has 7 nitrogen and oxygen atoms in total. The molecule has 0 bridgehead atoms. The van der Waals surface area contributed by atoms with Gasteiger partial charge in [-0.05, 0) is 53.6 Å². The number of anilines is 1. The molecule has 5 rings (SSSR count). The number of carbonyl (C=O) groups excluding carboxylic acids is 1. The molecule has 1 N–H and O–H groups in total. The lowest BCUT2D eigenvalue weighted by atomic mass is 9.89. The van der Waals surface area contributed by atoms with Gasteiger partial charge in [0.25, 0.3) is 5.91 Å². The molecule has 0 saturated carbocycles. The summed E-state index contributed by atoms with van der Waals surface area (Å²) >= 11 is 0. The van der Waals surface area contributed by atoms with E-state index in [4.69, 9.17) is 4.74 Å². The normalized spacial score (nSPS) is 19.9. The van der Waals surface area contributed by atoms with E-state index in [9.17, 15) is 4.79 Å². The smallest absolute Gasteiger partial charge is 0.293 e. The third-order valence-corrected chi connectivity index (χ3v) is 6.73. The van der Waals surface area contributed by atoms with Gasteiger partial charge in [-0.15, -0.1) is 10.2 Å². The lowest BCUT2D eigenvalue weighted by Crippen LogP contribution is -2.31. The second-order valence-corrected chi connectivity index (χ2v) is 8.82. The van der Waals surface area contributed by atoms with Crippen LogP contribution < -0.4 is 10.1 Å². The Morgan fingerprint density at radius 3 is 2.44 bits per heavy atom. The Morgan fingerprint density at radius 2 is 1.72 bits per heavy atom. The molecule has 0 spiro atoms. The lowest BCUT2D eigenvalue weighted by Gasteiger charge is -2.25. The summed E-state index contributed by atoms with van der Waals surface area (Å²) in [6.45, 7) is 6.06. The number of nitrogens with zero attached hydrogens (tertiary/aromatic N) is 4. The summed E-state index contributed by atoms with van der Waals surface area (Å²) in [5.41, 5.74) is 3.45. The van der Waals surface area contributed by atoms with Crippen LogP contribution in [0.4, 0.5) is 5.69 Å². The highest BCUT2D eigenvalue weighted by molar-refractivity contribution is 6.01. The summed E-state index contributed by atoms with van der Waals surface area (Å²) in [5, 5.41) is 11.5. The number of carbonyl (C=O) groups is 1. The van der Waals surface area contributed by atoms with Crippen molar-refractivity contribution in [2.24, 2.45) is 11.8 Å². The number of ether oxygens (including phenoxy) is 1. The van der Waals surface area contributed by atoms with Crippen LogP contribution >= 0.6 is 0 Å². The molecule has 2 aliphatic rings.